The van der Waals surface area contributed by atoms with E-state index in [0.717, 1.165) is 24.2 Å². The zero-order valence-corrected chi connectivity index (χ0v) is 40.1. The number of aliphatic hydroxyl groups is 1. The Morgan fingerprint density at radius 3 is 2.13 bits per heavy atom. The maximum absolute atomic E-state index is 14.6. The summed E-state index contributed by atoms with van der Waals surface area (Å²) < 4.78 is 12.1. The van der Waals surface area contributed by atoms with Gasteiger partial charge in [-0.25, -0.2) is 4.98 Å². The molecule has 4 amide bonds. The maximum Gasteiger partial charge on any atom is 0.245 e. The van der Waals surface area contributed by atoms with E-state index in [9.17, 15) is 24.3 Å². The molecule has 62 heavy (non-hydrogen) atoms. The largest absolute Gasteiger partial charge is 0.386 e. The molecule has 2 heterocycles. The molecule has 14 nitrogen and oxygen atoms in total. The summed E-state index contributed by atoms with van der Waals surface area (Å²) in [6.45, 7) is 20.6. The molecule has 14 heteroatoms. The van der Waals surface area contributed by atoms with Crippen LogP contribution in [0.5, 0.6) is 0 Å². The van der Waals surface area contributed by atoms with Gasteiger partial charge in [0, 0.05) is 46.6 Å². The van der Waals surface area contributed by atoms with Crippen LogP contribution in [0.4, 0.5) is 5.82 Å². The van der Waals surface area contributed by atoms with Gasteiger partial charge in [-0.2, -0.15) is 0 Å². The molecule has 1 aromatic carbocycles. The zero-order chi connectivity index (χ0) is 46.4. The summed E-state index contributed by atoms with van der Waals surface area (Å²) in [5.74, 6) is -1.06. The lowest BCUT2D eigenvalue weighted by Crippen LogP contribution is -2.60. The lowest BCUT2D eigenvalue weighted by molar-refractivity contribution is -0.148. The fraction of sp³-hybridized carbons (Fsp3) is 0.688. The number of benzene rings is 1. The van der Waals surface area contributed by atoms with Crippen LogP contribution in [0, 0.1) is 23.7 Å². The van der Waals surface area contributed by atoms with Gasteiger partial charge in [-0.15, -0.1) is 0 Å². The Bertz CT molecular complexity index is 1710. The summed E-state index contributed by atoms with van der Waals surface area (Å²) in [6.07, 6.45) is 1.79. The third-order valence-corrected chi connectivity index (χ3v) is 12.5. The second-order valence-electron chi connectivity index (χ2n) is 18.4. The standard InChI is InChI=1S/C48H79N7O7/c1-15-32(8)43(54(12)48(60)41(29(2)3)52-47(59)42(30(4)5)53(11)28-35-23-24-49-39(26-35)50-31(6)7)38(61-13)27-40(56)55-25-19-22-37(55)45(62-14)33(9)46(58)51-34(10)44(57)36-20-17-16-18-21-36/h16-18,20-21,23-24,26,29-34,37-38,41-45,57H,15,19,22,25,27-28H2,1-14H3,(H,49,50)(H,51,58)(H,52,59)/t32-,33+,34+,37-,38+,41-,42-,43-,44+,45+/m0/s1. The molecular formula is C48H79N7O7. The van der Waals surface area contributed by atoms with Crippen LogP contribution in [-0.4, -0.2) is 132 Å². The molecule has 0 saturated carbocycles. The summed E-state index contributed by atoms with van der Waals surface area (Å²) in [4.78, 5) is 66.6. The molecule has 1 saturated heterocycles. The number of hydrogen-bond acceptors (Lipinski definition) is 10. The molecule has 0 unspecified atom stereocenters. The van der Waals surface area contributed by atoms with Gasteiger partial charge in [0.05, 0.1) is 54.8 Å². The average molecular weight is 866 g/mol. The molecule has 4 N–H and O–H groups in total. The predicted octanol–water partition coefficient (Wildman–Crippen LogP) is 5.66. The minimum atomic E-state index is -0.887. The Morgan fingerprint density at radius 2 is 1.56 bits per heavy atom. The highest BCUT2D eigenvalue weighted by Gasteiger charge is 2.43. The highest BCUT2D eigenvalue weighted by Crippen LogP contribution is 2.30. The number of rotatable bonds is 24. The van der Waals surface area contributed by atoms with Crippen LogP contribution in [-0.2, 0) is 35.2 Å². The summed E-state index contributed by atoms with van der Waals surface area (Å²) >= 11 is 0. The third kappa shape index (κ3) is 13.9. The number of ether oxygens (including phenoxy) is 2. The summed E-state index contributed by atoms with van der Waals surface area (Å²) in [5, 5.41) is 20.3. The highest BCUT2D eigenvalue weighted by atomic mass is 16.5. The Labute approximate surface area is 372 Å². The minimum Gasteiger partial charge on any atom is -0.386 e. The van der Waals surface area contributed by atoms with Gasteiger partial charge >= 0.3 is 0 Å². The van der Waals surface area contributed by atoms with E-state index in [4.69, 9.17) is 9.47 Å². The summed E-state index contributed by atoms with van der Waals surface area (Å²) in [5.41, 5.74) is 1.72. The Hall–Kier alpha value is -4.11. The number of pyridine rings is 1. The molecule has 348 valence electrons. The quantitative estimate of drug-likeness (QED) is 0.104. The van der Waals surface area contributed by atoms with E-state index < -0.39 is 48.4 Å². The van der Waals surface area contributed by atoms with E-state index in [1.54, 1.807) is 51.1 Å². The number of methoxy groups -OCH3 is 2. The number of carbonyl (C=O) groups is 4. The lowest BCUT2D eigenvalue weighted by Gasteiger charge is -2.41. The normalized spacial score (nSPS) is 18.8. The molecule has 0 radical (unpaired) electrons. The van der Waals surface area contributed by atoms with Gasteiger partial charge in [0.2, 0.25) is 23.6 Å². The fourth-order valence-electron chi connectivity index (χ4n) is 9.00. The first-order valence-corrected chi connectivity index (χ1v) is 22.6. The Balaban J connectivity index is 1.77. The molecule has 0 bridgehead atoms. The van der Waals surface area contributed by atoms with Crippen molar-refractivity contribution >= 4 is 29.4 Å². The van der Waals surface area contributed by atoms with Gasteiger partial charge in [-0.05, 0) is 81.7 Å². The van der Waals surface area contributed by atoms with Crippen molar-refractivity contribution in [3.63, 3.8) is 0 Å². The number of likely N-dealkylation sites (N-methyl/N-ethyl adjacent to an activating group) is 2. The minimum absolute atomic E-state index is 0.0132. The molecule has 2 aromatic rings. The Morgan fingerprint density at radius 1 is 0.903 bits per heavy atom. The van der Waals surface area contributed by atoms with E-state index in [0.29, 0.717) is 25.1 Å². The predicted molar refractivity (Wildman–Crippen MR) is 245 cm³/mol. The molecule has 1 aromatic heterocycles. The van der Waals surface area contributed by atoms with Crippen LogP contribution in [0.25, 0.3) is 0 Å². The molecule has 0 spiro atoms. The third-order valence-electron chi connectivity index (χ3n) is 12.5. The molecule has 3 rings (SSSR count). The number of hydrogen-bond donors (Lipinski definition) is 4. The summed E-state index contributed by atoms with van der Waals surface area (Å²) in [7, 11) is 6.79. The molecular weight excluding hydrogens is 787 g/mol. The average Bonchev–Trinajstić information content (AvgIpc) is 3.71. The number of aromatic nitrogens is 1. The molecule has 0 aliphatic carbocycles. The first-order chi connectivity index (χ1) is 29.3. The van der Waals surface area contributed by atoms with Gasteiger partial charge < -0.3 is 40.3 Å². The van der Waals surface area contributed by atoms with Gasteiger partial charge in [0.15, 0.2) is 0 Å². The van der Waals surface area contributed by atoms with E-state index >= 15 is 0 Å². The number of nitrogens with zero attached hydrogens (tertiary/aromatic N) is 4. The monoisotopic (exact) mass is 866 g/mol. The van der Waals surface area contributed by atoms with Crippen molar-refractivity contribution in [2.24, 2.45) is 23.7 Å². The second-order valence-corrected chi connectivity index (χ2v) is 18.4. The SMILES string of the molecule is CC[C@H](C)[C@@H]([C@@H](CC(=O)N1CCC[C@H]1[C@H](OC)[C@@H](C)C(=O)N[C@H](C)[C@@H](O)c1ccccc1)OC)N(C)C(=O)[C@@H](NC(=O)[C@H](C(C)C)N(C)Cc1ccnc(NC(C)C)c1)C(C)C. The van der Waals surface area contributed by atoms with E-state index in [1.165, 1.54) is 0 Å². The number of nitrogens with one attached hydrogen (secondary N) is 3. The van der Waals surface area contributed by atoms with Crippen LogP contribution >= 0.6 is 0 Å². The van der Waals surface area contributed by atoms with Crippen LogP contribution in [0.2, 0.25) is 0 Å². The van der Waals surface area contributed by atoms with Gasteiger partial charge in [0.25, 0.3) is 0 Å². The van der Waals surface area contributed by atoms with Crippen molar-refractivity contribution < 1.29 is 33.8 Å². The highest BCUT2D eigenvalue weighted by molar-refractivity contribution is 5.90. The van der Waals surface area contributed by atoms with Crippen molar-refractivity contribution in [2.75, 3.05) is 40.2 Å². The van der Waals surface area contributed by atoms with Crippen LogP contribution in [0.3, 0.4) is 0 Å². The number of amides is 4. The summed E-state index contributed by atoms with van der Waals surface area (Å²) in [6, 6.07) is 10.6. The molecule has 10 atom stereocenters. The van der Waals surface area contributed by atoms with Gasteiger partial charge in [-0.1, -0.05) is 85.2 Å². The zero-order valence-electron chi connectivity index (χ0n) is 40.1. The molecule has 1 fully saturated rings. The van der Waals surface area contributed by atoms with Gasteiger partial charge in [0.1, 0.15) is 11.9 Å². The number of anilines is 1. The topological polar surface area (TPSA) is 166 Å². The van der Waals surface area contributed by atoms with Crippen LogP contribution in [0.15, 0.2) is 48.7 Å². The van der Waals surface area contributed by atoms with Crippen molar-refractivity contribution in [2.45, 2.75) is 156 Å². The van der Waals surface area contributed by atoms with E-state index in [2.05, 4.69) is 41.7 Å². The second kappa shape index (κ2) is 24.7. The maximum atomic E-state index is 14.6. The molecule has 1 aliphatic rings. The lowest BCUT2D eigenvalue weighted by atomic mass is 9.89. The van der Waals surface area contributed by atoms with E-state index in [-0.39, 0.29) is 59.9 Å². The van der Waals surface area contributed by atoms with E-state index in [1.807, 2.05) is 89.0 Å². The molecule has 1 aliphatic heterocycles. The van der Waals surface area contributed by atoms with Crippen molar-refractivity contribution in [3.8, 4) is 0 Å². The smallest absolute Gasteiger partial charge is 0.245 e. The van der Waals surface area contributed by atoms with Crippen molar-refractivity contribution in [1.82, 2.24) is 30.3 Å². The first-order valence-electron chi connectivity index (χ1n) is 22.6. The number of aliphatic hydroxyl groups excluding tert-OH is 1. The van der Waals surface area contributed by atoms with Crippen LogP contribution < -0.4 is 16.0 Å². The first kappa shape index (κ1) is 52.2. The van der Waals surface area contributed by atoms with Crippen molar-refractivity contribution in [1.29, 1.82) is 0 Å². The van der Waals surface area contributed by atoms with Gasteiger partial charge in [-0.3, -0.25) is 24.1 Å². The van der Waals surface area contributed by atoms with Crippen molar-refractivity contribution in [3.05, 3.63) is 59.8 Å². The van der Waals surface area contributed by atoms with Crippen LogP contribution in [0.1, 0.15) is 112 Å². The number of likely N-dealkylation sites (tertiary alicyclic amines) is 1. The fourth-order valence-corrected chi connectivity index (χ4v) is 9.00. The number of carbonyl (C=O) groups excluding carboxylic acids is 4. The Kier molecular flexibility index (Phi) is 20.8.